The van der Waals surface area contributed by atoms with Crippen LogP contribution in [0.4, 0.5) is 32.3 Å². The highest BCUT2D eigenvalue weighted by atomic mass is 16.6. The first-order valence-electron chi connectivity index (χ1n) is 24.0. The molecule has 4 amide bonds. The van der Waals surface area contributed by atoms with Crippen molar-refractivity contribution in [2.24, 2.45) is 11.8 Å². The second-order valence-corrected chi connectivity index (χ2v) is 17.8. The van der Waals surface area contributed by atoms with Gasteiger partial charge in [-0.3, -0.25) is 49.3 Å². The average Bonchev–Trinajstić information content (AvgIpc) is 3.85. The van der Waals surface area contributed by atoms with Crippen molar-refractivity contribution in [3.63, 3.8) is 0 Å². The molecule has 17 heteroatoms. The summed E-state index contributed by atoms with van der Waals surface area (Å²) in [5.41, 5.74) is 7.65. The highest BCUT2D eigenvalue weighted by Crippen LogP contribution is 2.36. The first-order chi connectivity index (χ1) is 35.5. The zero-order valence-electron chi connectivity index (χ0n) is 39.4. The number of hydrazine groups is 1. The van der Waals surface area contributed by atoms with Gasteiger partial charge < -0.3 is 19.9 Å². The van der Waals surface area contributed by atoms with Gasteiger partial charge in [-0.15, -0.1) is 0 Å². The third kappa shape index (κ3) is 10.7. The predicted octanol–water partition coefficient (Wildman–Crippen LogP) is 8.58. The van der Waals surface area contributed by atoms with Crippen LogP contribution in [0.25, 0.3) is 0 Å². The number of urea groups is 1. The molecule has 4 aliphatic rings. The Kier molecular flexibility index (Phi) is 14.7. The molecule has 0 spiro atoms. The van der Waals surface area contributed by atoms with Crippen molar-refractivity contribution in [3.05, 3.63) is 179 Å². The molecular weight excluding hydrogens is 931 g/mol. The van der Waals surface area contributed by atoms with Gasteiger partial charge in [0.05, 0.1) is 28.1 Å². The van der Waals surface area contributed by atoms with E-state index in [0.29, 0.717) is 11.3 Å². The van der Waals surface area contributed by atoms with Gasteiger partial charge in [0, 0.05) is 72.2 Å². The van der Waals surface area contributed by atoms with E-state index in [1.165, 1.54) is 61.6 Å². The Hall–Kier alpha value is -9.12. The largest absolute Gasteiger partial charge is 0.417 e. The van der Waals surface area contributed by atoms with Gasteiger partial charge in [-0.25, -0.2) is 15.0 Å². The summed E-state index contributed by atoms with van der Waals surface area (Å²) in [6.45, 7) is 3.87. The normalized spacial score (nSPS) is 16.8. The second kappa shape index (κ2) is 21.9. The second-order valence-electron chi connectivity index (χ2n) is 17.8. The number of carbonyl (C=O) groups is 9. The Morgan fingerprint density at radius 2 is 0.973 bits per heavy atom. The monoisotopic (exact) mass is 979 g/mol. The minimum absolute atomic E-state index is 0.0328. The summed E-state index contributed by atoms with van der Waals surface area (Å²) in [4.78, 5) is 124. The van der Waals surface area contributed by atoms with Gasteiger partial charge >= 0.3 is 12.1 Å². The van der Waals surface area contributed by atoms with Crippen LogP contribution < -0.4 is 36.0 Å². The molecule has 5 aromatic carbocycles. The number of benzene rings is 5. The lowest BCUT2D eigenvalue weighted by Crippen LogP contribution is -2.44. The molecule has 73 heavy (non-hydrogen) atoms. The molecule has 0 saturated carbocycles. The van der Waals surface area contributed by atoms with Crippen molar-refractivity contribution < 1.29 is 47.9 Å². The van der Waals surface area contributed by atoms with Crippen molar-refractivity contribution in [2.45, 2.75) is 38.5 Å². The molecule has 0 radical (unpaired) electrons. The van der Waals surface area contributed by atoms with E-state index in [2.05, 4.69) is 36.3 Å². The van der Waals surface area contributed by atoms with Crippen LogP contribution >= 0.6 is 0 Å². The van der Waals surface area contributed by atoms with E-state index in [-0.39, 0.29) is 44.8 Å². The van der Waals surface area contributed by atoms with Crippen molar-refractivity contribution in [3.8, 4) is 5.75 Å². The third-order valence-electron chi connectivity index (χ3n) is 13.1. The number of aromatic nitrogens is 1. The molecule has 1 aromatic heterocycles. The molecule has 2 saturated heterocycles. The number of rotatable bonds is 10. The summed E-state index contributed by atoms with van der Waals surface area (Å²) in [6.07, 6.45) is 8.99. The number of nitrogens with zero attached hydrogens (tertiary/aromatic N) is 3. The van der Waals surface area contributed by atoms with E-state index in [4.69, 9.17) is 4.74 Å². The summed E-state index contributed by atoms with van der Waals surface area (Å²) in [5, 5.41) is 5.01. The Morgan fingerprint density at radius 1 is 0.479 bits per heavy atom. The number of hydrogen-bond donors (Lipinski definition) is 4. The number of nitrogens with one attached hydrogen (secondary N) is 4. The minimum atomic E-state index is -1.51. The summed E-state index contributed by atoms with van der Waals surface area (Å²) in [7, 11) is 0. The van der Waals surface area contributed by atoms with E-state index in [9.17, 15) is 43.2 Å². The SMILES string of the molecule is O=C(NNC(=O)c1cccnc1)Nc1cccc2c1C(=O)C(C(=O)c1ccc(N3CCCCC3)cc1)C2=O.O=C(Nc1cccc2c1C(=O)C(C(=O)c1ccc(N3CCCCC3)cc1)C2=O)Oc1ccccc1. The first kappa shape index (κ1) is 48.9. The zero-order valence-corrected chi connectivity index (χ0v) is 39.4. The number of piperidine rings is 2. The molecule has 6 aromatic rings. The molecule has 368 valence electrons. The van der Waals surface area contributed by atoms with Crippen LogP contribution in [-0.2, 0) is 0 Å². The smallest absolute Gasteiger partial charge is 0.410 e. The summed E-state index contributed by atoms with van der Waals surface area (Å²) in [5.74, 6) is -6.81. The molecule has 17 nitrogen and oxygen atoms in total. The van der Waals surface area contributed by atoms with Gasteiger partial charge in [-0.2, -0.15) is 0 Å². The van der Waals surface area contributed by atoms with Crippen LogP contribution in [0.5, 0.6) is 5.75 Å². The molecule has 10 rings (SSSR count). The number of hydrogen-bond acceptors (Lipinski definition) is 13. The highest BCUT2D eigenvalue weighted by molar-refractivity contribution is 6.40. The van der Waals surface area contributed by atoms with Crippen LogP contribution in [0.1, 0.15) is 111 Å². The number of carbonyl (C=O) groups excluding carboxylic acids is 9. The summed E-state index contributed by atoms with van der Waals surface area (Å²) < 4.78 is 5.23. The molecule has 4 N–H and O–H groups in total. The number of ether oxygens (including phenoxy) is 1. The molecule has 3 heterocycles. The van der Waals surface area contributed by atoms with Gasteiger partial charge in [0.1, 0.15) is 17.6 Å². The van der Waals surface area contributed by atoms with E-state index < -0.39 is 64.6 Å². The van der Waals surface area contributed by atoms with Crippen LogP contribution in [0.15, 0.2) is 140 Å². The fraction of sp³-hybridized carbons (Fsp3) is 0.214. The molecule has 2 aliphatic heterocycles. The van der Waals surface area contributed by atoms with Crippen molar-refractivity contribution in [2.75, 3.05) is 46.6 Å². The minimum Gasteiger partial charge on any atom is -0.410 e. The lowest BCUT2D eigenvalue weighted by atomic mass is 9.93. The van der Waals surface area contributed by atoms with Crippen LogP contribution in [0.3, 0.4) is 0 Å². The number of ketones is 6. The molecule has 2 fully saturated rings. The lowest BCUT2D eigenvalue weighted by Gasteiger charge is -2.28. The predicted molar refractivity (Wildman–Crippen MR) is 271 cm³/mol. The fourth-order valence-corrected chi connectivity index (χ4v) is 9.45. The Morgan fingerprint density at radius 3 is 1.45 bits per heavy atom. The summed E-state index contributed by atoms with van der Waals surface area (Å²) >= 11 is 0. The maximum Gasteiger partial charge on any atom is 0.417 e. The Bertz CT molecular complexity index is 3130. The number of anilines is 4. The van der Waals surface area contributed by atoms with Crippen molar-refractivity contribution in [1.82, 2.24) is 15.8 Å². The van der Waals surface area contributed by atoms with E-state index >= 15 is 0 Å². The molecule has 2 atom stereocenters. The molecule has 2 unspecified atom stereocenters. The van der Waals surface area contributed by atoms with Gasteiger partial charge in [-0.1, -0.05) is 42.5 Å². The maximum absolute atomic E-state index is 13.3. The summed E-state index contributed by atoms with van der Waals surface area (Å²) in [6, 6.07) is 33.8. The lowest BCUT2D eigenvalue weighted by molar-refractivity contribution is 0.0733. The van der Waals surface area contributed by atoms with E-state index in [0.717, 1.165) is 63.2 Å². The van der Waals surface area contributed by atoms with Gasteiger partial charge in [0.25, 0.3) is 5.91 Å². The fourth-order valence-electron chi connectivity index (χ4n) is 9.45. The van der Waals surface area contributed by atoms with Crippen molar-refractivity contribution in [1.29, 1.82) is 0 Å². The molecule has 0 bridgehead atoms. The van der Waals surface area contributed by atoms with Gasteiger partial charge in [-0.05, 0) is 123 Å². The number of para-hydroxylation sites is 1. The van der Waals surface area contributed by atoms with Gasteiger partial charge in [0.15, 0.2) is 34.7 Å². The quantitative estimate of drug-likeness (QED) is 0.0573. The maximum atomic E-state index is 13.3. The first-order valence-corrected chi connectivity index (χ1v) is 24.0. The van der Waals surface area contributed by atoms with Crippen LogP contribution in [0, 0.1) is 11.8 Å². The zero-order chi connectivity index (χ0) is 51.0. The third-order valence-corrected chi connectivity index (χ3v) is 13.1. The Labute approximate surface area is 419 Å². The highest BCUT2D eigenvalue weighted by Gasteiger charge is 2.46. The number of fused-ring (bicyclic) bond motifs is 2. The number of pyridine rings is 1. The van der Waals surface area contributed by atoms with Gasteiger partial charge in [0.2, 0.25) is 0 Å². The average molecular weight is 980 g/mol. The van der Waals surface area contributed by atoms with E-state index in [1.807, 2.05) is 24.3 Å². The molecular formula is C56H49N7O10. The van der Waals surface area contributed by atoms with E-state index in [1.54, 1.807) is 66.7 Å². The number of Topliss-reactive ketones (excluding diaryl/α,β-unsaturated/α-hetero) is 6. The topological polar surface area (TPSA) is 230 Å². The Balaban J connectivity index is 0.000000180. The van der Waals surface area contributed by atoms with Crippen molar-refractivity contribution >= 4 is 75.5 Å². The molecule has 2 aliphatic carbocycles. The standard InChI is InChI=1S/C28H25N5O5.C28H24N2O5/c34-24(17-9-11-19(12-10-17)33-14-2-1-3-15-33)23-25(35)20-7-4-8-21(22(20)26(23)36)30-28(38)32-31-27(37)18-6-5-13-29-16-18;31-25(18-12-14-19(15-13-18)30-16-5-2-6-17-30)24-26(32)21-10-7-11-22(23(21)27(24)33)29-28(34)35-20-8-3-1-4-9-20/h4-13,16,23H,1-3,14-15H2,(H,31,37)(H2,30,32,38);1,3-4,7-15,24H,2,5-6,16-17H2,(H,29,34). The number of amides is 4. The van der Waals surface area contributed by atoms with Crippen LogP contribution in [-0.4, -0.2) is 83.9 Å². The van der Waals surface area contributed by atoms with Crippen LogP contribution in [0.2, 0.25) is 0 Å².